The molecule has 4 saturated carbocycles. The van der Waals surface area contributed by atoms with Gasteiger partial charge in [-0.1, -0.05) is 13.3 Å². The molecule has 0 aromatic carbocycles. The maximum absolute atomic E-state index is 2.66. The second-order valence-corrected chi connectivity index (χ2v) is 5.89. The third-order valence-corrected chi connectivity index (χ3v) is 4.72. The summed E-state index contributed by atoms with van der Waals surface area (Å²) < 4.78 is 0. The van der Waals surface area contributed by atoms with Crippen molar-refractivity contribution in [2.24, 2.45) is 23.2 Å². The van der Waals surface area contributed by atoms with Crippen molar-refractivity contribution in [3.05, 3.63) is 6.42 Å². The molecule has 4 fully saturated rings. The van der Waals surface area contributed by atoms with Crippen LogP contribution in [0, 0.1) is 29.6 Å². The van der Waals surface area contributed by atoms with Gasteiger partial charge in [-0.05, 0) is 68.1 Å². The van der Waals surface area contributed by atoms with Crippen LogP contribution in [0.3, 0.4) is 0 Å². The lowest BCUT2D eigenvalue weighted by molar-refractivity contribution is -0.0342. The van der Waals surface area contributed by atoms with Gasteiger partial charge >= 0.3 is 0 Å². The Labute approximate surface area is 82.1 Å². The molecule has 0 atom stereocenters. The fraction of sp³-hybridized carbons (Fsp3) is 0.923. The van der Waals surface area contributed by atoms with E-state index in [9.17, 15) is 0 Å². The third kappa shape index (κ3) is 1.25. The van der Waals surface area contributed by atoms with E-state index in [1.165, 1.54) is 6.42 Å². The fourth-order valence-electron chi connectivity index (χ4n) is 4.86. The second kappa shape index (κ2) is 2.74. The van der Waals surface area contributed by atoms with Crippen LogP contribution in [0.1, 0.15) is 51.9 Å². The molecule has 0 aromatic rings. The van der Waals surface area contributed by atoms with Crippen LogP contribution in [0.5, 0.6) is 0 Å². The molecule has 4 bridgehead atoms. The van der Waals surface area contributed by atoms with E-state index in [2.05, 4.69) is 13.3 Å². The Bertz CT molecular complexity index is 169. The summed E-state index contributed by atoms with van der Waals surface area (Å²) in [7, 11) is 0. The average molecular weight is 177 g/mol. The van der Waals surface area contributed by atoms with Gasteiger partial charge in [-0.3, -0.25) is 0 Å². The molecule has 0 nitrogen and oxygen atoms in total. The van der Waals surface area contributed by atoms with E-state index >= 15 is 0 Å². The van der Waals surface area contributed by atoms with Crippen molar-refractivity contribution in [2.45, 2.75) is 51.9 Å². The van der Waals surface area contributed by atoms with E-state index in [4.69, 9.17) is 0 Å². The van der Waals surface area contributed by atoms with E-state index in [1.807, 2.05) is 0 Å². The number of hydrogen-bond donors (Lipinski definition) is 0. The average Bonchev–Trinajstić information content (AvgIpc) is 2.00. The van der Waals surface area contributed by atoms with Gasteiger partial charge in [0.05, 0.1) is 0 Å². The molecular formula is C13H21. The van der Waals surface area contributed by atoms with Crippen molar-refractivity contribution in [1.82, 2.24) is 0 Å². The highest BCUT2D eigenvalue weighted by atomic mass is 14.5. The van der Waals surface area contributed by atoms with Crippen LogP contribution in [-0.2, 0) is 0 Å². The summed E-state index contributed by atoms with van der Waals surface area (Å²) >= 11 is 0. The number of hydrogen-bond acceptors (Lipinski definition) is 0. The summed E-state index contributed by atoms with van der Waals surface area (Å²) in [5.74, 6) is 3.36. The molecular weight excluding hydrogens is 156 g/mol. The van der Waals surface area contributed by atoms with Crippen LogP contribution in [0.2, 0.25) is 0 Å². The van der Waals surface area contributed by atoms with Gasteiger partial charge in [0.2, 0.25) is 0 Å². The standard InChI is InChI=1S/C13H21/c1-2-3-13-7-10-4-11(8-13)6-12(5-10)9-13/h3,10-12H,2,4-9H2,1H3. The summed E-state index contributed by atoms with van der Waals surface area (Å²) in [6.07, 6.45) is 13.3. The zero-order valence-corrected chi connectivity index (χ0v) is 8.76. The van der Waals surface area contributed by atoms with Gasteiger partial charge in [-0.2, -0.15) is 0 Å². The molecule has 73 valence electrons. The fourth-order valence-corrected chi connectivity index (χ4v) is 4.86. The van der Waals surface area contributed by atoms with Crippen molar-refractivity contribution < 1.29 is 0 Å². The van der Waals surface area contributed by atoms with Gasteiger partial charge in [0.1, 0.15) is 0 Å². The van der Waals surface area contributed by atoms with Crippen LogP contribution in [-0.4, -0.2) is 0 Å². The summed E-state index contributed by atoms with van der Waals surface area (Å²) in [5.41, 5.74) is 0.726. The molecule has 0 amide bonds. The number of rotatable bonds is 2. The zero-order chi connectivity index (χ0) is 8.89. The lowest BCUT2D eigenvalue weighted by Crippen LogP contribution is -2.46. The first-order chi connectivity index (χ1) is 6.30. The lowest BCUT2D eigenvalue weighted by Gasteiger charge is -2.57. The summed E-state index contributed by atoms with van der Waals surface area (Å²) in [6, 6.07) is 0. The molecule has 1 radical (unpaired) electrons. The van der Waals surface area contributed by atoms with Crippen LogP contribution < -0.4 is 0 Å². The lowest BCUT2D eigenvalue weighted by atomic mass is 9.49. The molecule has 0 saturated heterocycles. The smallest absolute Gasteiger partial charge is 0.0259 e. The topological polar surface area (TPSA) is 0 Å². The highest BCUT2D eigenvalue weighted by Crippen LogP contribution is 2.61. The van der Waals surface area contributed by atoms with Crippen LogP contribution in [0.4, 0.5) is 0 Å². The van der Waals surface area contributed by atoms with Gasteiger partial charge in [0.25, 0.3) is 0 Å². The Hall–Kier alpha value is 0. The van der Waals surface area contributed by atoms with Gasteiger partial charge < -0.3 is 0 Å². The Morgan fingerprint density at radius 1 is 1.00 bits per heavy atom. The van der Waals surface area contributed by atoms with E-state index in [0.717, 1.165) is 23.2 Å². The molecule has 0 spiro atoms. The molecule has 0 heteroatoms. The third-order valence-electron chi connectivity index (χ3n) is 4.72. The molecule has 0 N–H and O–H groups in total. The summed E-state index contributed by atoms with van der Waals surface area (Å²) in [5, 5.41) is 0. The minimum atomic E-state index is 0.726. The Morgan fingerprint density at radius 3 is 1.85 bits per heavy atom. The van der Waals surface area contributed by atoms with Crippen molar-refractivity contribution in [1.29, 1.82) is 0 Å². The van der Waals surface area contributed by atoms with Gasteiger partial charge in [-0.25, -0.2) is 0 Å². The quantitative estimate of drug-likeness (QED) is 0.601. The molecule has 13 heavy (non-hydrogen) atoms. The minimum Gasteiger partial charge on any atom is -0.0651 e. The Kier molecular flexibility index (Phi) is 1.76. The van der Waals surface area contributed by atoms with E-state index in [-0.39, 0.29) is 0 Å². The van der Waals surface area contributed by atoms with E-state index in [1.54, 1.807) is 38.5 Å². The monoisotopic (exact) mass is 177 g/mol. The normalized spacial score (nSPS) is 52.8. The molecule has 0 heterocycles. The van der Waals surface area contributed by atoms with Crippen LogP contribution in [0.25, 0.3) is 0 Å². The maximum Gasteiger partial charge on any atom is -0.0259 e. The molecule has 0 unspecified atom stereocenters. The van der Waals surface area contributed by atoms with E-state index in [0.29, 0.717) is 0 Å². The SMILES string of the molecule is CC[CH]C12CC3CC(CC(C3)C1)C2. The van der Waals surface area contributed by atoms with Crippen molar-refractivity contribution >= 4 is 0 Å². The predicted octanol–water partition coefficient (Wildman–Crippen LogP) is 3.82. The van der Waals surface area contributed by atoms with Crippen LogP contribution >= 0.6 is 0 Å². The largest absolute Gasteiger partial charge is 0.0651 e. The first kappa shape index (κ1) is 8.32. The molecule has 0 aromatic heterocycles. The highest BCUT2D eigenvalue weighted by Gasteiger charge is 2.50. The first-order valence-electron chi connectivity index (χ1n) is 6.14. The van der Waals surface area contributed by atoms with Gasteiger partial charge in [0, 0.05) is 0 Å². The van der Waals surface area contributed by atoms with E-state index < -0.39 is 0 Å². The zero-order valence-electron chi connectivity index (χ0n) is 8.76. The maximum atomic E-state index is 2.66. The summed E-state index contributed by atoms with van der Waals surface area (Å²) in [6.45, 7) is 2.32. The second-order valence-electron chi connectivity index (χ2n) is 5.89. The highest BCUT2D eigenvalue weighted by molar-refractivity contribution is 5.06. The Balaban J connectivity index is 1.83. The Morgan fingerprint density at radius 2 is 1.46 bits per heavy atom. The van der Waals surface area contributed by atoms with Crippen molar-refractivity contribution in [2.75, 3.05) is 0 Å². The first-order valence-corrected chi connectivity index (χ1v) is 6.14. The van der Waals surface area contributed by atoms with Gasteiger partial charge in [0.15, 0.2) is 0 Å². The minimum absolute atomic E-state index is 0.726. The van der Waals surface area contributed by atoms with Gasteiger partial charge in [-0.15, -0.1) is 0 Å². The molecule has 4 aliphatic rings. The van der Waals surface area contributed by atoms with Crippen molar-refractivity contribution in [3.63, 3.8) is 0 Å². The summed E-state index contributed by atoms with van der Waals surface area (Å²) in [4.78, 5) is 0. The molecule has 4 aliphatic carbocycles. The van der Waals surface area contributed by atoms with Crippen molar-refractivity contribution in [3.8, 4) is 0 Å². The predicted molar refractivity (Wildman–Crippen MR) is 55.2 cm³/mol. The van der Waals surface area contributed by atoms with Crippen LogP contribution in [0.15, 0.2) is 0 Å². The molecule has 0 aliphatic heterocycles. The molecule has 4 rings (SSSR count).